The predicted octanol–water partition coefficient (Wildman–Crippen LogP) is 19.2. The van der Waals surface area contributed by atoms with Crippen LogP contribution in [0.4, 0.5) is 68.2 Å². The van der Waals surface area contributed by atoms with Gasteiger partial charge in [-0.3, -0.25) is 0 Å². The quantitative estimate of drug-likeness (QED) is 0.0960. The molecule has 0 radical (unpaired) electrons. The number of hydrogen-bond donors (Lipinski definition) is 0. The van der Waals surface area contributed by atoms with Crippen LogP contribution >= 0.6 is 0 Å². The van der Waals surface area contributed by atoms with E-state index in [0.717, 1.165) is 68.2 Å². The summed E-state index contributed by atoms with van der Waals surface area (Å²) in [5, 5.41) is 0. The summed E-state index contributed by atoms with van der Waals surface area (Å²) in [5.74, 6) is 2.55. The smallest absolute Gasteiger partial charge is 0.131 e. The largest absolute Gasteiger partial charge is 0.457 e. The molecule has 11 rings (SSSR count). The minimum atomic E-state index is 0.620. The molecule has 0 unspecified atom stereocenters. The molecule has 11 aromatic rings. The van der Waals surface area contributed by atoms with Gasteiger partial charge in [-0.05, 0) is 121 Å². The molecule has 0 amide bonds. The van der Waals surface area contributed by atoms with Crippen LogP contribution in [0.15, 0.2) is 303 Å². The molecule has 0 atom stereocenters. The van der Waals surface area contributed by atoms with Crippen molar-refractivity contribution in [3.8, 4) is 23.0 Å². The second-order valence-electron chi connectivity index (χ2n) is 17.1. The Morgan fingerprint density at radius 2 is 0.347 bits per heavy atom. The highest BCUT2D eigenvalue weighted by Crippen LogP contribution is 2.46. The van der Waals surface area contributed by atoms with Crippen LogP contribution in [-0.2, 0) is 0 Å². The first-order valence-corrected chi connectivity index (χ1v) is 24.1. The second-order valence-corrected chi connectivity index (χ2v) is 17.1. The highest BCUT2D eigenvalue weighted by Gasteiger charge is 2.22. The Kier molecular flexibility index (Phi) is 13.2. The third kappa shape index (κ3) is 10.2. The van der Waals surface area contributed by atoms with Gasteiger partial charge in [0.2, 0.25) is 0 Å². The molecular formula is C66H50N4O2. The second kappa shape index (κ2) is 21.2. The summed E-state index contributed by atoms with van der Waals surface area (Å²) < 4.78 is 14.0. The SMILES string of the molecule is c1ccc(N(c2ccccc2)c2cc(Oc3cccc(Oc4cc(N(c5ccccc5)c5ccccc5)cc(N(c5ccccc5)c5ccccc5)c4)c3)cc(N(c3ccccc3)c3ccccc3)c2)cc1. The Hall–Kier alpha value is -9.78. The van der Waals surface area contributed by atoms with Gasteiger partial charge in [-0.1, -0.05) is 152 Å². The Morgan fingerprint density at radius 3 is 0.542 bits per heavy atom. The van der Waals surface area contributed by atoms with Crippen LogP contribution in [0.1, 0.15) is 0 Å². The topological polar surface area (TPSA) is 31.4 Å². The van der Waals surface area contributed by atoms with Crippen molar-refractivity contribution in [2.45, 2.75) is 0 Å². The number of hydrogen-bond acceptors (Lipinski definition) is 6. The lowest BCUT2D eigenvalue weighted by molar-refractivity contribution is 0.460. The van der Waals surface area contributed by atoms with Crippen molar-refractivity contribution in [1.29, 1.82) is 0 Å². The first-order chi connectivity index (χ1) is 35.7. The van der Waals surface area contributed by atoms with E-state index in [4.69, 9.17) is 9.47 Å². The lowest BCUT2D eigenvalue weighted by atomic mass is 10.1. The average Bonchev–Trinajstić information content (AvgIpc) is 3.44. The van der Waals surface area contributed by atoms with Gasteiger partial charge in [0.25, 0.3) is 0 Å². The van der Waals surface area contributed by atoms with Crippen LogP contribution in [0.3, 0.4) is 0 Å². The normalized spacial score (nSPS) is 10.8. The molecule has 72 heavy (non-hydrogen) atoms. The molecule has 0 spiro atoms. The molecule has 0 aromatic heterocycles. The minimum absolute atomic E-state index is 0.620. The Labute approximate surface area is 421 Å². The zero-order chi connectivity index (χ0) is 48.3. The third-order valence-electron chi connectivity index (χ3n) is 12.2. The van der Waals surface area contributed by atoms with E-state index < -0.39 is 0 Å². The fraction of sp³-hybridized carbons (Fsp3) is 0. The third-order valence-corrected chi connectivity index (χ3v) is 12.2. The molecular weight excluding hydrogens is 881 g/mol. The minimum Gasteiger partial charge on any atom is -0.457 e. The fourth-order valence-electron chi connectivity index (χ4n) is 9.05. The summed E-state index contributed by atoms with van der Waals surface area (Å²) >= 11 is 0. The van der Waals surface area contributed by atoms with Crippen LogP contribution in [0.25, 0.3) is 0 Å². The molecule has 0 N–H and O–H groups in total. The van der Waals surface area contributed by atoms with E-state index in [1.165, 1.54) is 0 Å². The zero-order valence-electron chi connectivity index (χ0n) is 39.5. The van der Waals surface area contributed by atoms with E-state index in [1.54, 1.807) is 0 Å². The van der Waals surface area contributed by atoms with Crippen molar-refractivity contribution in [3.05, 3.63) is 303 Å². The van der Waals surface area contributed by atoms with Crippen molar-refractivity contribution >= 4 is 68.2 Å². The summed E-state index contributed by atoms with van der Waals surface area (Å²) in [6.45, 7) is 0. The monoisotopic (exact) mass is 930 g/mol. The van der Waals surface area contributed by atoms with Gasteiger partial charge in [0.05, 0.1) is 22.7 Å². The molecule has 0 aliphatic rings. The molecule has 346 valence electrons. The van der Waals surface area contributed by atoms with Crippen molar-refractivity contribution < 1.29 is 9.47 Å². The van der Waals surface area contributed by atoms with Gasteiger partial charge in [0.15, 0.2) is 0 Å². The number of nitrogens with zero attached hydrogens (tertiary/aromatic N) is 4. The van der Waals surface area contributed by atoms with Crippen molar-refractivity contribution in [1.82, 2.24) is 0 Å². The number of ether oxygens (including phenoxy) is 2. The molecule has 11 aromatic carbocycles. The van der Waals surface area contributed by atoms with E-state index >= 15 is 0 Å². The van der Waals surface area contributed by atoms with Crippen LogP contribution in [0.5, 0.6) is 23.0 Å². The standard InChI is InChI=1S/C66H50N4O2/c1-9-26-51(27-10-1)67(52-28-11-2-12-29-52)59-44-60(68(53-30-13-3-14-31-53)54-32-15-4-16-33-54)47-65(46-59)71-63-42-25-43-64(50-63)72-66-48-61(69(55-34-17-5-18-35-55)56-36-19-6-20-37-56)45-62(49-66)70(57-38-21-7-22-39-57)58-40-23-8-24-41-58/h1-50H. The van der Waals surface area contributed by atoms with Crippen LogP contribution < -0.4 is 29.1 Å². The van der Waals surface area contributed by atoms with E-state index in [1.807, 2.05) is 72.8 Å². The van der Waals surface area contributed by atoms with E-state index in [2.05, 4.69) is 250 Å². The highest BCUT2D eigenvalue weighted by molar-refractivity contribution is 5.86. The van der Waals surface area contributed by atoms with E-state index in [0.29, 0.717) is 23.0 Å². The lowest BCUT2D eigenvalue weighted by Crippen LogP contribution is -2.13. The summed E-state index contributed by atoms with van der Waals surface area (Å²) in [6.07, 6.45) is 0. The summed E-state index contributed by atoms with van der Waals surface area (Å²) in [7, 11) is 0. The number of para-hydroxylation sites is 8. The molecule has 0 fully saturated rings. The fourth-order valence-corrected chi connectivity index (χ4v) is 9.05. The predicted molar refractivity (Wildman–Crippen MR) is 298 cm³/mol. The maximum Gasteiger partial charge on any atom is 0.131 e. The van der Waals surface area contributed by atoms with Crippen molar-refractivity contribution in [2.75, 3.05) is 19.6 Å². The highest BCUT2D eigenvalue weighted by atomic mass is 16.5. The first kappa shape index (κ1) is 44.7. The van der Waals surface area contributed by atoms with Gasteiger partial charge in [-0.15, -0.1) is 0 Å². The van der Waals surface area contributed by atoms with Gasteiger partial charge in [-0.2, -0.15) is 0 Å². The van der Waals surface area contributed by atoms with Gasteiger partial charge >= 0.3 is 0 Å². The zero-order valence-corrected chi connectivity index (χ0v) is 39.5. The molecule has 0 saturated carbocycles. The summed E-state index contributed by atoms with van der Waals surface area (Å²) in [6, 6.07) is 104. The summed E-state index contributed by atoms with van der Waals surface area (Å²) in [4.78, 5) is 9.04. The maximum atomic E-state index is 6.99. The van der Waals surface area contributed by atoms with Gasteiger partial charge in [0.1, 0.15) is 23.0 Å². The van der Waals surface area contributed by atoms with E-state index in [9.17, 15) is 0 Å². The average molecular weight is 931 g/mol. The lowest BCUT2D eigenvalue weighted by Gasteiger charge is -2.30. The Bertz CT molecular complexity index is 2870. The Morgan fingerprint density at radius 1 is 0.153 bits per heavy atom. The number of rotatable bonds is 16. The molecule has 0 heterocycles. The number of benzene rings is 11. The molecule has 0 bridgehead atoms. The maximum absolute atomic E-state index is 6.99. The molecule has 0 saturated heterocycles. The first-order valence-electron chi connectivity index (χ1n) is 24.1. The van der Waals surface area contributed by atoms with Gasteiger partial charge in [-0.25, -0.2) is 0 Å². The van der Waals surface area contributed by atoms with Crippen LogP contribution in [0.2, 0.25) is 0 Å². The van der Waals surface area contributed by atoms with Crippen molar-refractivity contribution in [3.63, 3.8) is 0 Å². The molecule has 0 aliphatic carbocycles. The summed E-state index contributed by atoms with van der Waals surface area (Å²) in [5.41, 5.74) is 11.9. The number of anilines is 12. The molecule has 6 heteroatoms. The van der Waals surface area contributed by atoms with Gasteiger partial charge in [0, 0.05) is 75.8 Å². The Balaban J connectivity index is 1.02. The molecule has 0 aliphatic heterocycles. The van der Waals surface area contributed by atoms with Gasteiger partial charge < -0.3 is 29.1 Å². The van der Waals surface area contributed by atoms with Crippen LogP contribution in [-0.4, -0.2) is 0 Å². The van der Waals surface area contributed by atoms with E-state index in [-0.39, 0.29) is 0 Å². The van der Waals surface area contributed by atoms with Crippen LogP contribution in [0, 0.1) is 0 Å². The molecule has 6 nitrogen and oxygen atoms in total. The van der Waals surface area contributed by atoms with Crippen molar-refractivity contribution in [2.24, 2.45) is 0 Å².